The van der Waals surface area contributed by atoms with Crippen molar-refractivity contribution in [2.75, 3.05) is 14.2 Å². The van der Waals surface area contributed by atoms with Gasteiger partial charge in [-0.2, -0.15) is 0 Å². The number of ether oxygens (including phenoxy) is 2. The Kier molecular flexibility index (Phi) is 6.61. The summed E-state index contributed by atoms with van der Waals surface area (Å²) in [5, 5.41) is 20.0. The Morgan fingerprint density at radius 1 is 0.667 bits per heavy atom. The summed E-state index contributed by atoms with van der Waals surface area (Å²) in [6.45, 7) is 0. The Balaban J connectivity index is 1.93. The average molecular weight is 326 g/mol. The maximum absolute atomic E-state index is 10.0. The molecule has 2 N–H and O–H groups in total. The van der Waals surface area contributed by atoms with E-state index in [-0.39, 0.29) is 0 Å². The summed E-state index contributed by atoms with van der Waals surface area (Å²) >= 11 is 0. The van der Waals surface area contributed by atoms with Crippen LogP contribution in [0.3, 0.4) is 0 Å². The van der Waals surface area contributed by atoms with Gasteiger partial charge in [0.05, 0.1) is 14.2 Å². The number of methoxy groups -OCH3 is 2. The zero-order valence-electron chi connectivity index (χ0n) is 13.8. The molecule has 126 valence electrons. The maximum atomic E-state index is 10.0. The molecule has 2 rings (SSSR count). The summed E-state index contributed by atoms with van der Waals surface area (Å²) in [5.41, 5.74) is 1.84. The number of hydrogen-bond acceptors (Lipinski definition) is 4. The highest BCUT2D eigenvalue weighted by Crippen LogP contribution is 2.14. The van der Waals surface area contributed by atoms with Crippen molar-refractivity contribution >= 4 is 12.2 Å². The third-order valence-electron chi connectivity index (χ3n) is 3.55. The minimum Gasteiger partial charge on any atom is -0.497 e. The number of aliphatic hydroxyl groups is 2. The second-order valence-electron chi connectivity index (χ2n) is 5.25. The second kappa shape index (κ2) is 8.91. The SMILES string of the molecule is COc1ccc(C=CC(O)C(O)C=Cc2ccc(OC)cc2)cc1. The predicted octanol–water partition coefficient (Wildman–Crippen LogP) is 3.15. The normalized spacial score (nSPS) is 14.0. The van der Waals surface area contributed by atoms with Crippen molar-refractivity contribution in [2.45, 2.75) is 12.2 Å². The number of hydrogen-bond donors (Lipinski definition) is 2. The Morgan fingerprint density at radius 3 is 1.29 bits per heavy atom. The minimum absolute atomic E-state index is 0.773. The third-order valence-corrected chi connectivity index (χ3v) is 3.55. The van der Waals surface area contributed by atoms with Crippen LogP contribution in [0, 0.1) is 0 Å². The van der Waals surface area contributed by atoms with E-state index < -0.39 is 12.2 Å². The van der Waals surface area contributed by atoms with Crippen LogP contribution in [0.4, 0.5) is 0 Å². The van der Waals surface area contributed by atoms with E-state index in [9.17, 15) is 10.2 Å². The van der Waals surface area contributed by atoms with E-state index in [1.807, 2.05) is 48.5 Å². The van der Waals surface area contributed by atoms with Crippen molar-refractivity contribution in [3.63, 3.8) is 0 Å². The molecule has 2 atom stereocenters. The summed E-state index contributed by atoms with van der Waals surface area (Å²) in [7, 11) is 3.22. The molecule has 0 fully saturated rings. The number of rotatable bonds is 7. The molecular weight excluding hydrogens is 304 g/mol. The molecule has 0 aliphatic carbocycles. The molecule has 0 saturated heterocycles. The molecule has 0 aromatic heterocycles. The molecule has 0 bridgehead atoms. The quantitative estimate of drug-likeness (QED) is 0.820. The third kappa shape index (κ3) is 5.26. The molecule has 0 saturated carbocycles. The van der Waals surface area contributed by atoms with E-state index in [0.717, 1.165) is 22.6 Å². The molecule has 0 spiro atoms. The summed E-state index contributed by atoms with van der Waals surface area (Å²) < 4.78 is 10.2. The van der Waals surface area contributed by atoms with Gasteiger partial charge in [-0.05, 0) is 35.4 Å². The van der Waals surface area contributed by atoms with Gasteiger partial charge in [0, 0.05) is 0 Å². The zero-order chi connectivity index (χ0) is 17.4. The molecule has 4 heteroatoms. The fourth-order valence-corrected chi connectivity index (χ4v) is 2.08. The van der Waals surface area contributed by atoms with Gasteiger partial charge in [0.15, 0.2) is 0 Å². The standard InChI is InChI=1S/C20H22O4/c1-23-17-9-3-15(4-10-17)7-13-19(21)20(22)14-8-16-5-11-18(24-2)12-6-16/h3-14,19-22H,1-2H3. The predicted molar refractivity (Wildman–Crippen MR) is 96.1 cm³/mol. The van der Waals surface area contributed by atoms with Gasteiger partial charge in [-0.3, -0.25) is 0 Å². The van der Waals surface area contributed by atoms with Crippen molar-refractivity contribution in [3.8, 4) is 11.5 Å². The Hall–Kier alpha value is -2.56. The Labute approximate surface area is 142 Å². The molecule has 0 aliphatic rings. The van der Waals surface area contributed by atoms with Gasteiger partial charge in [-0.15, -0.1) is 0 Å². The van der Waals surface area contributed by atoms with Crippen LogP contribution in [-0.2, 0) is 0 Å². The lowest BCUT2D eigenvalue weighted by molar-refractivity contribution is 0.0818. The fraction of sp³-hybridized carbons (Fsp3) is 0.200. The first-order valence-electron chi connectivity index (χ1n) is 7.63. The summed E-state index contributed by atoms with van der Waals surface area (Å²) in [5.74, 6) is 1.55. The molecule has 4 nitrogen and oxygen atoms in total. The topological polar surface area (TPSA) is 58.9 Å². The van der Waals surface area contributed by atoms with E-state index in [2.05, 4.69) is 0 Å². The highest BCUT2D eigenvalue weighted by atomic mass is 16.5. The molecular formula is C20H22O4. The number of benzene rings is 2. The van der Waals surface area contributed by atoms with Gasteiger partial charge in [0.25, 0.3) is 0 Å². The van der Waals surface area contributed by atoms with Gasteiger partial charge >= 0.3 is 0 Å². The highest BCUT2D eigenvalue weighted by molar-refractivity contribution is 5.53. The molecule has 2 aromatic rings. The van der Waals surface area contributed by atoms with Crippen LogP contribution in [-0.4, -0.2) is 36.6 Å². The van der Waals surface area contributed by atoms with Crippen LogP contribution in [0.2, 0.25) is 0 Å². The van der Waals surface area contributed by atoms with Gasteiger partial charge in [-0.25, -0.2) is 0 Å². The van der Waals surface area contributed by atoms with Crippen molar-refractivity contribution in [1.29, 1.82) is 0 Å². The summed E-state index contributed by atoms with van der Waals surface area (Å²) in [6, 6.07) is 14.9. The summed E-state index contributed by atoms with van der Waals surface area (Å²) in [6.07, 6.45) is 4.67. The average Bonchev–Trinajstić information content (AvgIpc) is 2.64. The first kappa shape index (κ1) is 17.8. The van der Waals surface area contributed by atoms with Gasteiger partial charge in [-0.1, -0.05) is 48.6 Å². The van der Waals surface area contributed by atoms with Crippen molar-refractivity contribution < 1.29 is 19.7 Å². The van der Waals surface area contributed by atoms with E-state index in [1.54, 1.807) is 38.5 Å². The van der Waals surface area contributed by atoms with E-state index in [4.69, 9.17) is 9.47 Å². The summed E-state index contributed by atoms with van der Waals surface area (Å²) in [4.78, 5) is 0. The van der Waals surface area contributed by atoms with Crippen LogP contribution < -0.4 is 9.47 Å². The first-order chi connectivity index (χ1) is 11.6. The highest BCUT2D eigenvalue weighted by Gasteiger charge is 2.09. The first-order valence-corrected chi connectivity index (χ1v) is 7.63. The van der Waals surface area contributed by atoms with Gasteiger partial charge < -0.3 is 19.7 Å². The van der Waals surface area contributed by atoms with E-state index in [0.29, 0.717) is 0 Å². The maximum Gasteiger partial charge on any atom is 0.118 e. The fourth-order valence-electron chi connectivity index (χ4n) is 2.08. The van der Waals surface area contributed by atoms with Gasteiger partial charge in [0.1, 0.15) is 23.7 Å². The molecule has 0 amide bonds. The molecule has 0 radical (unpaired) electrons. The zero-order valence-corrected chi connectivity index (χ0v) is 13.8. The van der Waals surface area contributed by atoms with E-state index >= 15 is 0 Å². The van der Waals surface area contributed by atoms with Crippen LogP contribution >= 0.6 is 0 Å². The van der Waals surface area contributed by atoms with Crippen LogP contribution in [0.25, 0.3) is 12.2 Å². The smallest absolute Gasteiger partial charge is 0.118 e. The molecule has 0 heterocycles. The van der Waals surface area contributed by atoms with Crippen LogP contribution in [0.5, 0.6) is 11.5 Å². The van der Waals surface area contributed by atoms with Crippen LogP contribution in [0.1, 0.15) is 11.1 Å². The van der Waals surface area contributed by atoms with Crippen molar-refractivity contribution in [3.05, 3.63) is 71.8 Å². The molecule has 24 heavy (non-hydrogen) atoms. The molecule has 2 unspecified atom stereocenters. The molecule has 2 aromatic carbocycles. The van der Waals surface area contributed by atoms with E-state index in [1.165, 1.54) is 0 Å². The van der Waals surface area contributed by atoms with Gasteiger partial charge in [0.2, 0.25) is 0 Å². The monoisotopic (exact) mass is 326 g/mol. The lowest BCUT2D eigenvalue weighted by Crippen LogP contribution is -2.20. The largest absolute Gasteiger partial charge is 0.497 e. The molecule has 0 aliphatic heterocycles. The Bertz CT molecular complexity index is 610. The van der Waals surface area contributed by atoms with Crippen molar-refractivity contribution in [2.24, 2.45) is 0 Å². The van der Waals surface area contributed by atoms with Crippen molar-refractivity contribution in [1.82, 2.24) is 0 Å². The second-order valence-corrected chi connectivity index (χ2v) is 5.25. The van der Waals surface area contributed by atoms with Crippen LogP contribution in [0.15, 0.2) is 60.7 Å². The lowest BCUT2D eigenvalue weighted by Gasteiger charge is -2.10. The minimum atomic E-state index is -0.985. The number of aliphatic hydroxyl groups excluding tert-OH is 2. The lowest BCUT2D eigenvalue weighted by atomic mass is 10.1. The Morgan fingerprint density at radius 2 is 1.00 bits per heavy atom.